The third-order valence-electron chi connectivity index (χ3n) is 5.63. The Kier molecular flexibility index (Phi) is 5.95. The highest BCUT2D eigenvalue weighted by atomic mass is 32.1. The average molecular weight is 407 g/mol. The molecular formula is C24H26N2O2S. The van der Waals surface area contributed by atoms with Crippen LogP contribution >= 0.6 is 11.3 Å². The second-order valence-electron chi connectivity index (χ2n) is 7.75. The molecule has 3 aromatic rings. The maximum Gasteiger partial charge on any atom is 0.253 e. The van der Waals surface area contributed by atoms with E-state index in [1.165, 1.54) is 15.6 Å². The first-order valence-electron chi connectivity index (χ1n) is 10.2. The molecule has 29 heavy (non-hydrogen) atoms. The number of hydrogen-bond donors (Lipinski definition) is 1. The van der Waals surface area contributed by atoms with Crippen molar-refractivity contribution in [3.05, 3.63) is 70.6 Å². The second kappa shape index (κ2) is 8.78. The normalized spacial score (nSPS) is 16.7. The number of nitrogens with zero attached hydrogens (tertiary/aromatic N) is 1. The van der Waals surface area contributed by atoms with Gasteiger partial charge < -0.3 is 10.2 Å². The number of aryl methyl sites for hydroxylation is 1. The predicted octanol–water partition coefficient (Wildman–Crippen LogP) is 4.42. The summed E-state index contributed by atoms with van der Waals surface area (Å²) >= 11 is 1.75. The standard InChI is InChI=1S/C24H26N2O2S/c1-17-8-10-18(11-9-17)24(28)26-14-4-5-19(15-26)23(27)25-13-12-20-16-29-22-7-3-2-6-21(20)22/h2-3,6-11,16,19H,4-5,12-15H2,1H3,(H,25,27). The molecular weight excluding hydrogens is 380 g/mol. The zero-order chi connectivity index (χ0) is 20.2. The van der Waals surface area contributed by atoms with Crippen LogP contribution in [-0.4, -0.2) is 36.3 Å². The summed E-state index contributed by atoms with van der Waals surface area (Å²) in [7, 11) is 0. The second-order valence-corrected chi connectivity index (χ2v) is 8.67. The lowest BCUT2D eigenvalue weighted by molar-refractivity contribution is -0.126. The van der Waals surface area contributed by atoms with Crippen molar-refractivity contribution < 1.29 is 9.59 Å². The van der Waals surface area contributed by atoms with E-state index in [1.54, 1.807) is 11.3 Å². The first-order valence-corrected chi connectivity index (χ1v) is 11.1. The summed E-state index contributed by atoms with van der Waals surface area (Å²) in [5.41, 5.74) is 3.11. The van der Waals surface area contributed by atoms with Crippen molar-refractivity contribution in [3.8, 4) is 0 Å². The highest BCUT2D eigenvalue weighted by Crippen LogP contribution is 2.26. The minimum atomic E-state index is -0.127. The number of likely N-dealkylation sites (tertiary alicyclic amines) is 1. The van der Waals surface area contributed by atoms with E-state index in [0.717, 1.165) is 31.4 Å². The number of rotatable bonds is 5. The fourth-order valence-electron chi connectivity index (χ4n) is 3.95. The molecule has 2 heterocycles. The smallest absolute Gasteiger partial charge is 0.253 e. The quantitative estimate of drug-likeness (QED) is 0.682. The zero-order valence-electron chi connectivity index (χ0n) is 16.7. The van der Waals surface area contributed by atoms with Gasteiger partial charge in [0.2, 0.25) is 5.91 Å². The molecule has 1 aromatic heterocycles. The van der Waals surface area contributed by atoms with Crippen molar-refractivity contribution in [2.24, 2.45) is 5.92 Å². The number of fused-ring (bicyclic) bond motifs is 1. The maximum atomic E-state index is 12.8. The highest BCUT2D eigenvalue weighted by Gasteiger charge is 2.28. The summed E-state index contributed by atoms with van der Waals surface area (Å²) in [5.74, 6) is -0.0458. The van der Waals surface area contributed by atoms with E-state index < -0.39 is 0 Å². The molecule has 0 spiro atoms. The lowest BCUT2D eigenvalue weighted by atomic mass is 9.96. The molecule has 2 amide bonds. The molecule has 0 aliphatic carbocycles. The van der Waals surface area contributed by atoms with E-state index in [4.69, 9.17) is 0 Å². The van der Waals surface area contributed by atoms with Gasteiger partial charge in [-0.1, -0.05) is 35.9 Å². The minimum absolute atomic E-state index is 0.0206. The van der Waals surface area contributed by atoms with Crippen molar-refractivity contribution >= 4 is 33.2 Å². The van der Waals surface area contributed by atoms with E-state index in [-0.39, 0.29) is 17.7 Å². The van der Waals surface area contributed by atoms with Crippen LogP contribution in [0, 0.1) is 12.8 Å². The Morgan fingerprint density at radius 2 is 1.93 bits per heavy atom. The first-order chi connectivity index (χ1) is 14.1. The van der Waals surface area contributed by atoms with Gasteiger partial charge in [0.15, 0.2) is 0 Å². The molecule has 4 nitrogen and oxygen atoms in total. The lowest BCUT2D eigenvalue weighted by Gasteiger charge is -2.32. The van der Waals surface area contributed by atoms with Crippen LogP contribution in [0.15, 0.2) is 53.9 Å². The molecule has 1 saturated heterocycles. The fourth-order valence-corrected chi connectivity index (χ4v) is 4.94. The Balaban J connectivity index is 1.31. The monoisotopic (exact) mass is 406 g/mol. The van der Waals surface area contributed by atoms with Gasteiger partial charge in [0.1, 0.15) is 0 Å². The third kappa shape index (κ3) is 4.51. The van der Waals surface area contributed by atoms with Crippen LogP contribution in [0.25, 0.3) is 10.1 Å². The SMILES string of the molecule is Cc1ccc(C(=O)N2CCCC(C(=O)NCCc3csc4ccccc34)C2)cc1. The molecule has 0 saturated carbocycles. The number of thiophene rings is 1. The molecule has 1 aliphatic heterocycles. The van der Waals surface area contributed by atoms with E-state index >= 15 is 0 Å². The average Bonchev–Trinajstić information content (AvgIpc) is 3.17. The van der Waals surface area contributed by atoms with E-state index in [1.807, 2.05) is 36.1 Å². The number of benzene rings is 2. The van der Waals surface area contributed by atoms with Crippen LogP contribution in [0.1, 0.15) is 34.3 Å². The van der Waals surface area contributed by atoms with Crippen molar-refractivity contribution in [2.45, 2.75) is 26.2 Å². The molecule has 0 radical (unpaired) electrons. The molecule has 1 fully saturated rings. The van der Waals surface area contributed by atoms with Gasteiger partial charge in [0.25, 0.3) is 5.91 Å². The minimum Gasteiger partial charge on any atom is -0.355 e. The number of nitrogens with one attached hydrogen (secondary N) is 1. The summed E-state index contributed by atoms with van der Waals surface area (Å²) in [6.45, 7) is 3.85. The van der Waals surface area contributed by atoms with Crippen LogP contribution in [0.3, 0.4) is 0 Å². The molecule has 2 aromatic carbocycles. The Bertz CT molecular complexity index is 1010. The fraction of sp³-hybridized carbons (Fsp3) is 0.333. The Morgan fingerprint density at radius 1 is 1.14 bits per heavy atom. The molecule has 1 N–H and O–H groups in total. The Morgan fingerprint density at radius 3 is 2.76 bits per heavy atom. The molecule has 5 heteroatoms. The number of piperidine rings is 1. The number of amides is 2. The van der Waals surface area contributed by atoms with Crippen molar-refractivity contribution in [1.29, 1.82) is 0 Å². The highest BCUT2D eigenvalue weighted by molar-refractivity contribution is 7.17. The van der Waals surface area contributed by atoms with E-state index in [2.05, 4.69) is 35.0 Å². The van der Waals surface area contributed by atoms with Gasteiger partial charge in [0, 0.05) is 29.9 Å². The summed E-state index contributed by atoms with van der Waals surface area (Å²) in [6, 6.07) is 16.0. The predicted molar refractivity (Wildman–Crippen MR) is 118 cm³/mol. The molecule has 1 atom stereocenters. The maximum absolute atomic E-state index is 12.8. The molecule has 1 unspecified atom stereocenters. The van der Waals surface area contributed by atoms with E-state index in [0.29, 0.717) is 18.7 Å². The van der Waals surface area contributed by atoms with Crippen LogP contribution in [0.5, 0.6) is 0 Å². The molecule has 0 bridgehead atoms. The summed E-state index contributed by atoms with van der Waals surface area (Å²) in [5, 5.41) is 6.55. The van der Waals surface area contributed by atoms with Crippen LogP contribution in [0.2, 0.25) is 0 Å². The van der Waals surface area contributed by atoms with Gasteiger partial charge in [-0.15, -0.1) is 11.3 Å². The number of hydrogen-bond acceptors (Lipinski definition) is 3. The van der Waals surface area contributed by atoms with Crippen molar-refractivity contribution in [3.63, 3.8) is 0 Å². The van der Waals surface area contributed by atoms with Gasteiger partial charge in [-0.05, 0) is 60.7 Å². The van der Waals surface area contributed by atoms with Crippen LogP contribution in [-0.2, 0) is 11.2 Å². The zero-order valence-corrected chi connectivity index (χ0v) is 17.5. The summed E-state index contributed by atoms with van der Waals surface area (Å²) in [6.07, 6.45) is 2.53. The van der Waals surface area contributed by atoms with Crippen LogP contribution < -0.4 is 5.32 Å². The van der Waals surface area contributed by atoms with E-state index in [9.17, 15) is 9.59 Å². The van der Waals surface area contributed by atoms with Gasteiger partial charge in [-0.25, -0.2) is 0 Å². The van der Waals surface area contributed by atoms with Gasteiger partial charge in [0.05, 0.1) is 5.92 Å². The molecule has 4 rings (SSSR count). The molecule has 150 valence electrons. The number of carbonyl (C=O) groups excluding carboxylic acids is 2. The topological polar surface area (TPSA) is 49.4 Å². The van der Waals surface area contributed by atoms with Crippen molar-refractivity contribution in [1.82, 2.24) is 10.2 Å². The summed E-state index contributed by atoms with van der Waals surface area (Å²) in [4.78, 5) is 27.3. The lowest BCUT2D eigenvalue weighted by Crippen LogP contribution is -2.45. The Hall–Kier alpha value is -2.66. The van der Waals surface area contributed by atoms with Gasteiger partial charge >= 0.3 is 0 Å². The van der Waals surface area contributed by atoms with Crippen LogP contribution in [0.4, 0.5) is 0 Å². The first kappa shape index (κ1) is 19.6. The third-order valence-corrected chi connectivity index (χ3v) is 6.64. The van der Waals surface area contributed by atoms with Gasteiger partial charge in [-0.2, -0.15) is 0 Å². The Labute approximate surface area is 175 Å². The summed E-state index contributed by atoms with van der Waals surface area (Å²) < 4.78 is 1.28. The van der Waals surface area contributed by atoms with Gasteiger partial charge in [-0.3, -0.25) is 9.59 Å². The number of carbonyl (C=O) groups is 2. The molecule has 1 aliphatic rings. The van der Waals surface area contributed by atoms with Crippen molar-refractivity contribution in [2.75, 3.05) is 19.6 Å². The largest absolute Gasteiger partial charge is 0.355 e.